The van der Waals surface area contributed by atoms with Gasteiger partial charge in [-0.2, -0.15) is 13.2 Å². The van der Waals surface area contributed by atoms with Crippen LogP contribution in [0.5, 0.6) is 5.75 Å². The predicted molar refractivity (Wildman–Crippen MR) is 154 cm³/mol. The van der Waals surface area contributed by atoms with Gasteiger partial charge in [0.2, 0.25) is 5.91 Å². The fraction of sp³-hybridized carbons (Fsp3) is 0.387. The van der Waals surface area contributed by atoms with E-state index in [0.717, 1.165) is 17.3 Å². The van der Waals surface area contributed by atoms with Crippen LogP contribution in [0.4, 0.5) is 32.4 Å². The Morgan fingerprint density at radius 3 is 2.38 bits per heavy atom. The van der Waals surface area contributed by atoms with Gasteiger partial charge >= 0.3 is 12.3 Å². The molecule has 1 saturated heterocycles. The number of ether oxygens (including phenoxy) is 3. The minimum atomic E-state index is -4.54. The Morgan fingerprint density at radius 2 is 1.76 bits per heavy atom. The zero-order chi connectivity index (χ0) is 32.4. The molecule has 3 atom stereocenters. The fourth-order valence-corrected chi connectivity index (χ4v) is 4.84. The van der Waals surface area contributed by atoms with Gasteiger partial charge in [-0.25, -0.2) is 13.6 Å². The summed E-state index contributed by atoms with van der Waals surface area (Å²) in [6.07, 6.45) is -3.08. The van der Waals surface area contributed by atoms with E-state index in [4.69, 9.17) is 14.2 Å². The van der Waals surface area contributed by atoms with Gasteiger partial charge in [0, 0.05) is 24.4 Å². The van der Waals surface area contributed by atoms with Crippen molar-refractivity contribution in [1.82, 2.24) is 15.6 Å². The summed E-state index contributed by atoms with van der Waals surface area (Å²) in [6.45, 7) is -1.24. The van der Waals surface area contributed by atoms with Crippen LogP contribution in [0, 0.1) is 11.6 Å². The van der Waals surface area contributed by atoms with E-state index >= 15 is 0 Å². The largest absolute Gasteiger partial charge is 0.497 e. The molecule has 2 heterocycles. The van der Waals surface area contributed by atoms with Crippen molar-refractivity contribution in [1.29, 1.82) is 0 Å². The molecular weight excluding hydrogens is 603 g/mol. The number of halogens is 5. The topological polar surface area (TPSA) is 111 Å². The van der Waals surface area contributed by atoms with Crippen LogP contribution < -0.4 is 20.7 Å². The maximum absolute atomic E-state index is 14.9. The second kappa shape index (κ2) is 15.6. The minimum Gasteiger partial charge on any atom is -0.497 e. The second-order valence-corrected chi connectivity index (χ2v) is 10.4. The van der Waals surface area contributed by atoms with Gasteiger partial charge in [-0.05, 0) is 48.2 Å². The van der Waals surface area contributed by atoms with Crippen molar-refractivity contribution in [3.63, 3.8) is 0 Å². The van der Waals surface area contributed by atoms with E-state index in [2.05, 4.69) is 15.6 Å². The Balaban J connectivity index is 1.33. The maximum atomic E-state index is 14.9. The summed E-state index contributed by atoms with van der Waals surface area (Å²) >= 11 is 0. The van der Waals surface area contributed by atoms with Gasteiger partial charge in [0.15, 0.2) is 0 Å². The quantitative estimate of drug-likeness (QED) is 0.237. The number of carbonyl (C=O) groups excluding carboxylic acids is 2. The zero-order valence-electron chi connectivity index (χ0n) is 24.3. The fourth-order valence-electron chi connectivity index (χ4n) is 4.84. The Labute approximate surface area is 256 Å². The van der Waals surface area contributed by atoms with E-state index in [1.165, 1.54) is 18.3 Å². The monoisotopic (exact) mass is 636 g/mol. The molecule has 4 rings (SSSR count). The van der Waals surface area contributed by atoms with Crippen LogP contribution in [-0.2, 0) is 20.7 Å². The number of rotatable bonds is 12. The van der Waals surface area contributed by atoms with E-state index < -0.39 is 48.3 Å². The molecule has 0 saturated carbocycles. The Kier molecular flexibility index (Phi) is 11.7. The van der Waals surface area contributed by atoms with Gasteiger partial charge in [0.05, 0.1) is 43.9 Å². The second-order valence-electron chi connectivity index (χ2n) is 10.4. The lowest BCUT2D eigenvalue weighted by Gasteiger charge is -2.30. The lowest BCUT2D eigenvalue weighted by molar-refractivity contribution is -0.124. The number of pyridine rings is 1. The number of anilines is 1. The number of benzene rings is 2. The van der Waals surface area contributed by atoms with E-state index in [0.29, 0.717) is 18.7 Å². The summed E-state index contributed by atoms with van der Waals surface area (Å²) in [6, 6.07) is 12.6. The molecule has 9 nitrogen and oxygen atoms in total. The summed E-state index contributed by atoms with van der Waals surface area (Å²) in [5, 5.41) is 7.50. The van der Waals surface area contributed by atoms with Crippen molar-refractivity contribution in [2.45, 2.75) is 43.5 Å². The average Bonchev–Trinajstić information content (AvgIpc) is 3.02. The molecule has 1 fully saturated rings. The number of alkyl carbamates (subject to hydrolysis) is 1. The first-order valence-electron chi connectivity index (χ1n) is 14.1. The zero-order valence-corrected chi connectivity index (χ0v) is 24.3. The van der Waals surface area contributed by atoms with Crippen LogP contribution in [0.1, 0.15) is 35.4 Å². The van der Waals surface area contributed by atoms with E-state index in [1.807, 2.05) is 12.1 Å². The number of nitrogens with zero attached hydrogens (tertiary/aromatic N) is 1. The molecule has 242 valence electrons. The van der Waals surface area contributed by atoms with Crippen LogP contribution in [0.2, 0.25) is 0 Å². The van der Waals surface area contributed by atoms with Gasteiger partial charge in [-0.1, -0.05) is 24.3 Å². The molecule has 14 heteroatoms. The Hall–Kier alpha value is -4.30. The lowest BCUT2D eigenvalue weighted by Crippen LogP contribution is -2.49. The number of alkyl halides is 3. The summed E-state index contributed by atoms with van der Waals surface area (Å²) in [5.74, 6) is -1.18. The Morgan fingerprint density at radius 1 is 1.07 bits per heavy atom. The van der Waals surface area contributed by atoms with Gasteiger partial charge in [0.25, 0.3) is 0 Å². The number of carbonyl (C=O) groups is 2. The van der Waals surface area contributed by atoms with Gasteiger partial charge in [-0.15, -0.1) is 0 Å². The molecule has 0 bridgehead atoms. The van der Waals surface area contributed by atoms with Crippen LogP contribution in [0.25, 0.3) is 0 Å². The predicted octanol–water partition coefficient (Wildman–Crippen LogP) is 5.11. The van der Waals surface area contributed by atoms with Crippen molar-refractivity contribution in [3.05, 3.63) is 89.2 Å². The summed E-state index contributed by atoms with van der Waals surface area (Å²) in [4.78, 5) is 28.6. The number of methoxy groups -OCH3 is 1. The van der Waals surface area contributed by atoms with Crippen molar-refractivity contribution in [2.75, 3.05) is 38.7 Å². The highest BCUT2D eigenvalue weighted by atomic mass is 19.4. The van der Waals surface area contributed by atoms with Crippen LogP contribution in [-0.4, -0.2) is 68.7 Å². The molecule has 0 radical (unpaired) electrons. The third kappa shape index (κ3) is 10.4. The molecule has 0 spiro atoms. The normalized spacial score (nSPS) is 17.3. The van der Waals surface area contributed by atoms with E-state index in [9.17, 15) is 31.5 Å². The molecule has 2 aromatic carbocycles. The van der Waals surface area contributed by atoms with E-state index in [-0.39, 0.29) is 43.4 Å². The van der Waals surface area contributed by atoms with Gasteiger partial charge in [0.1, 0.15) is 30.5 Å². The number of aromatic nitrogens is 1. The third-order valence-electron chi connectivity index (χ3n) is 7.19. The van der Waals surface area contributed by atoms with Crippen molar-refractivity contribution in [3.8, 4) is 5.75 Å². The molecule has 2 amide bonds. The minimum absolute atomic E-state index is 0.0126. The van der Waals surface area contributed by atoms with Gasteiger partial charge < -0.3 is 30.2 Å². The lowest BCUT2D eigenvalue weighted by atomic mass is 9.88. The molecule has 1 aromatic heterocycles. The average molecular weight is 637 g/mol. The molecule has 1 aliphatic heterocycles. The number of hydrogen-bond acceptors (Lipinski definition) is 7. The maximum Gasteiger partial charge on any atom is 0.407 e. The first kappa shape index (κ1) is 33.6. The molecule has 3 N–H and O–H groups in total. The molecule has 0 aliphatic carbocycles. The van der Waals surface area contributed by atoms with Crippen LogP contribution >= 0.6 is 0 Å². The first-order valence-corrected chi connectivity index (χ1v) is 14.1. The molecule has 1 aliphatic rings. The number of hydrogen-bond donors (Lipinski definition) is 3. The number of morpholine rings is 1. The van der Waals surface area contributed by atoms with Crippen molar-refractivity contribution < 1.29 is 45.8 Å². The number of nitrogens with one attached hydrogen (secondary N) is 3. The summed E-state index contributed by atoms with van der Waals surface area (Å²) in [5.41, 5.74) is 1.99. The molecule has 0 unspecified atom stereocenters. The molecular formula is C31H33F5N4O5. The van der Waals surface area contributed by atoms with Crippen LogP contribution in [0.15, 0.2) is 60.9 Å². The molecule has 3 aromatic rings. The Bertz CT molecular complexity index is 1420. The van der Waals surface area contributed by atoms with Crippen molar-refractivity contribution >= 4 is 17.7 Å². The highest BCUT2D eigenvalue weighted by Crippen LogP contribution is 2.31. The summed E-state index contributed by atoms with van der Waals surface area (Å²) in [7, 11) is 1.55. The molecule has 45 heavy (non-hydrogen) atoms. The first-order chi connectivity index (χ1) is 21.5. The standard InChI is InChI=1S/C31H33F5N4O5/c1-43-23-8-4-20(5-9-23)26(19-2-6-21(32)7-3-19)12-29(41)40-28-15-37-14-27(33)25(28)11-10-24-13-38-22(16-44-24)17-45-30(42)39-18-31(34,35)36/h2-9,14-15,22,24,26,38H,10-13,16-18H2,1H3,(H,39,42)(H,40,41)/t22-,24+,26-/m0/s1. The summed E-state index contributed by atoms with van der Waals surface area (Å²) < 4.78 is 80.9. The smallest absolute Gasteiger partial charge is 0.407 e. The van der Waals surface area contributed by atoms with Gasteiger partial charge in [-0.3, -0.25) is 9.78 Å². The number of amides is 2. The third-order valence-corrected chi connectivity index (χ3v) is 7.19. The highest BCUT2D eigenvalue weighted by Gasteiger charge is 2.29. The van der Waals surface area contributed by atoms with Crippen LogP contribution in [0.3, 0.4) is 0 Å². The highest BCUT2D eigenvalue weighted by molar-refractivity contribution is 5.92. The van der Waals surface area contributed by atoms with E-state index in [1.54, 1.807) is 36.7 Å². The van der Waals surface area contributed by atoms with Crippen molar-refractivity contribution in [2.24, 2.45) is 0 Å². The SMILES string of the molecule is COc1ccc([C@@H](CC(=O)Nc2cncc(F)c2CC[C@@H]2CN[C@H](COC(=O)NCC(F)(F)F)CO2)c2ccc(F)cc2)cc1.